The average Bonchev–Trinajstić information content (AvgIpc) is 2.01. The molecular formula is C8H18ClNO2S. The highest BCUT2D eigenvalue weighted by atomic mass is 35.5. The number of hydrogen-bond acceptors (Lipinski definition) is 3. The highest BCUT2D eigenvalue weighted by Gasteiger charge is 2.16. The molecule has 80 valence electrons. The third kappa shape index (κ3) is 5.49. The van der Waals surface area contributed by atoms with E-state index in [2.05, 4.69) is 0 Å². The van der Waals surface area contributed by atoms with Gasteiger partial charge in [0.1, 0.15) is 0 Å². The van der Waals surface area contributed by atoms with Crippen LogP contribution in [0.3, 0.4) is 0 Å². The standard InChI is InChI=1S/C8H18ClNO2S/c1-8(2)13(11,12)7-6-10(3)5-4-9/h8H,4-7H2,1-3H3. The van der Waals surface area contributed by atoms with Crippen LogP contribution in [0.2, 0.25) is 0 Å². The van der Waals surface area contributed by atoms with Crippen LogP contribution >= 0.6 is 11.6 Å². The third-order valence-corrected chi connectivity index (χ3v) is 4.30. The maximum Gasteiger partial charge on any atom is 0.153 e. The first-order valence-corrected chi connectivity index (χ1v) is 6.61. The smallest absolute Gasteiger partial charge is 0.153 e. The summed E-state index contributed by atoms with van der Waals surface area (Å²) >= 11 is 5.52. The number of sulfone groups is 1. The lowest BCUT2D eigenvalue weighted by Gasteiger charge is -2.15. The summed E-state index contributed by atoms with van der Waals surface area (Å²) in [5.74, 6) is 0.760. The molecule has 0 aliphatic heterocycles. The van der Waals surface area contributed by atoms with Crippen molar-refractivity contribution >= 4 is 21.4 Å². The van der Waals surface area contributed by atoms with Gasteiger partial charge in [-0.05, 0) is 20.9 Å². The van der Waals surface area contributed by atoms with Crippen LogP contribution in [0.1, 0.15) is 13.8 Å². The first-order valence-electron chi connectivity index (χ1n) is 4.36. The molecule has 0 aromatic carbocycles. The Hall–Kier alpha value is 0.200. The number of hydrogen-bond donors (Lipinski definition) is 0. The van der Waals surface area contributed by atoms with Crippen LogP contribution in [0.4, 0.5) is 0 Å². The predicted octanol–water partition coefficient (Wildman–Crippen LogP) is 0.980. The van der Waals surface area contributed by atoms with E-state index in [1.165, 1.54) is 0 Å². The molecule has 0 unspecified atom stereocenters. The Balaban J connectivity index is 3.89. The van der Waals surface area contributed by atoms with E-state index in [0.717, 1.165) is 6.54 Å². The first-order chi connectivity index (χ1) is 5.90. The zero-order valence-electron chi connectivity index (χ0n) is 8.46. The Morgan fingerprint density at radius 2 is 1.85 bits per heavy atom. The summed E-state index contributed by atoms with van der Waals surface area (Å²) < 4.78 is 22.8. The summed E-state index contributed by atoms with van der Waals surface area (Å²) in [6.45, 7) is 4.70. The minimum atomic E-state index is -2.90. The van der Waals surface area contributed by atoms with E-state index in [4.69, 9.17) is 11.6 Å². The van der Waals surface area contributed by atoms with Crippen molar-refractivity contribution in [3.05, 3.63) is 0 Å². The largest absolute Gasteiger partial charge is 0.304 e. The summed E-state index contributed by atoms with van der Waals surface area (Å²) in [5.41, 5.74) is 0. The number of halogens is 1. The molecule has 0 amide bonds. The Morgan fingerprint density at radius 1 is 1.31 bits per heavy atom. The van der Waals surface area contributed by atoms with Crippen LogP contribution in [0.25, 0.3) is 0 Å². The van der Waals surface area contributed by atoms with Gasteiger partial charge in [-0.1, -0.05) is 0 Å². The van der Waals surface area contributed by atoms with Gasteiger partial charge >= 0.3 is 0 Å². The Kier molecular flexibility index (Phi) is 5.92. The molecule has 0 radical (unpaired) electrons. The van der Waals surface area contributed by atoms with Crippen molar-refractivity contribution in [3.63, 3.8) is 0 Å². The fraction of sp³-hybridized carbons (Fsp3) is 1.00. The van der Waals surface area contributed by atoms with E-state index in [9.17, 15) is 8.42 Å². The van der Waals surface area contributed by atoms with Crippen molar-refractivity contribution in [2.45, 2.75) is 19.1 Å². The molecule has 0 aliphatic rings. The van der Waals surface area contributed by atoms with E-state index in [-0.39, 0.29) is 11.0 Å². The Labute approximate surface area is 86.0 Å². The molecular weight excluding hydrogens is 210 g/mol. The molecule has 0 heterocycles. The molecule has 0 rings (SSSR count). The SMILES string of the molecule is CC(C)S(=O)(=O)CCN(C)CCCl. The van der Waals surface area contributed by atoms with E-state index in [0.29, 0.717) is 12.4 Å². The van der Waals surface area contributed by atoms with Crippen molar-refractivity contribution < 1.29 is 8.42 Å². The lowest BCUT2D eigenvalue weighted by molar-refractivity contribution is 0.375. The quantitative estimate of drug-likeness (QED) is 0.635. The zero-order valence-corrected chi connectivity index (χ0v) is 10.0. The van der Waals surface area contributed by atoms with Gasteiger partial charge in [0.25, 0.3) is 0 Å². The molecule has 0 spiro atoms. The van der Waals surface area contributed by atoms with E-state index in [1.54, 1.807) is 13.8 Å². The van der Waals surface area contributed by atoms with Crippen molar-refractivity contribution in [1.29, 1.82) is 0 Å². The third-order valence-electron chi connectivity index (χ3n) is 1.94. The van der Waals surface area contributed by atoms with Crippen LogP contribution in [-0.4, -0.2) is 50.3 Å². The lowest BCUT2D eigenvalue weighted by atomic mass is 10.6. The lowest BCUT2D eigenvalue weighted by Crippen LogP contribution is -2.30. The summed E-state index contributed by atoms with van der Waals surface area (Å²) in [6.07, 6.45) is 0. The van der Waals surface area contributed by atoms with Crippen molar-refractivity contribution in [3.8, 4) is 0 Å². The molecule has 3 nitrogen and oxygen atoms in total. The molecule has 0 N–H and O–H groups in total. The Morgan fingerprint density at radius 3 is 2.23 bits per heavy atom. The van der Waals surface area contributed by atoms with E-state index < -0.39 is 9.84 Å². The van der Waals surface area contributed by atoms with Crippen molar-refractivity contribution in [2.24, 2.45) is 0 Å². The van der Waals surface area contributed by atoms with Crippen LogP contribution in [-0.2, 0) is 9.84 Å². The van der Waals surface area contributed by atoms with Gasteiger partial charge in [0, 0.05) is 19.0 Å². The minimum Gasteiger partial charge on any atom is -0.304 e. The van der Waals surface area contributed by atoms with Gasteiger partial charge < -0.3 is 4.90 Å². The van der Waals surface area contributed by atoms with Gasteiger partial charge in [-0.15, -0.1) is 11.6 Å². The molecule has 0 bridgehead atoms. The fourth-order valence-electron chi connectivity index (χ4n) is 0.775. The highest BCUT2D eigenvalue weighted by Crippen LogP contribution is 2.00. The van der Waals surface area contributed by atoms with Crippen LogP contribution in [0, 0.1) is 0 Å². The van der Waals surface area contributed by atoms with Gasteiger partial charge in [-0.2, -0.15) is 0 Å². The molecule has 0 aromatic rings. The molecule has 0 fully saturated rings. The molecule has 0 atom stereocenters. The molecule has 0 saturated heterocycles. The molecule has 0 aliphatic carbocycles. The number of alkyl halides is 1. The van der Waals surface area contributed by atoms with Gasteiger partial charge in [-0.3, -0.25) is 0 Å². The Bertz CT molecular complexity index is 226. The summed E-state index contributed by atoms with van der Waals surface area (Å²) in [4.78, 5) is 1.92. The zero-order chi connectivity index (χ0) is 10.5. The van der Waals surface area contributed by atoms with E-state index in [1.807, 2.05) is 11.9 Å². The average molecular weight is 228 g/mol. The first kappa shape index (κ1) is 13.2. The van der Waals surface area contributed by atoms with Crippen LogP contribution in [0.15, 0.2) is 0 Å². The van der Waals surface area contributed by atoms with Gasteiger partial charge in [-0.25, -0.2) is 8.42 Å². The molecule has 5 heteroatoms. The molecule has 13 heavy (non-hydrogen) atoms. The second-order valence-electron chi connectivity index (χ2n) is 3.41. The normalized spacial score (nSPS) is 12.8. The number of rotatable bonds is 6. The van der Waals surface area contributed by atoms with Gasteiger partial charge in [0.05, 0.1) is 11.0 Å². The fourth-order valence-corrected chi connectivity index (χ4v) is 2.10. The van der Waals surface area contributed by atoms with Crippen molar-refractivity contribution in [2.75, 3.05) is 31.8 Å². The topological polar surface area (TPSA) is 37.4 Å². The van der Waals surface area contributed by atoms with Crippen molar-refractivity contribution in [1.82, 2.24) is 4.90 Å². The molecule has 0 saturated carbocycles. The second kappa shape index (κ2) is 5.83. The summed E-state index contributed by atoms with van der Waals surface area (Å²) in [7, 11) is -1.02. The number of nitrogens with zero attached hydrogens (tertiary/aromatic N) is 1. The maximum atomic E-state index is 11.4. The monoisotopic (exact) mass is 227 g/mol. The predicted molar refractivity (Wildman–Crippen MR) is 57.1 cm³/mol. The van der Waals surface area contributed by atoms with Crippen LogP contribution in [0.5, 0.6) is 0 Å². The van der Waals surface area contributed by atoms with E-state index >= 15 is 0 Å². The maximum absolute atomic E-state index is 11.4. The summed E-state index contributed by atoms with van der Waals surface area (Å²) in [5, 5.41) is -0.281. The summed E-state index contributed by atoms with van der Waals surface area (Å²) in [6, 6.07) is 0. The van der Waals surface area contributed by atoms with Gasteiger partial charge in [0.15, 0.2) is 9.84 Å². The van der Waals surface area contributed by atoms with Crippen LogP contribution < -0.4 is 0 Å². The minimum absolute atomic E-state index is 0.220. The second-order valence-corrected chi connectivity index (χ2v) is 6.46. The van der Waals surface area contributed by atoms with Gasteiger partial charge in [0.2, 0.25) is 0 Å². The molecule has 0 aromatic heterocycles. The highest BCUT2D eigenvalue weighted by molar-refractivity contribution is 7.92.